The lowest BCUT2D eigenvalue weighted by atomic mass is 9.96. The van der Waals surface area contributed by atoms with Crippen molar-refractivity contribution in [1.82, 2.24) is 9.66 Å². The van der Waals surface area contributed by atoms with Crippen LogP contribution < -0.4 is 10.5 Å². The van der Waals surface area contributed by atoms with E-state index in [1.807, 2.05) is 13.8 Å². The van der Waals surface area contributed by atoms with Crippen LogP contribution in [-0.4, -0.2) is 34.2 Å². The molecule has 2 heterocycles. The summed E-state index contributed by atoms with van der Waals surface area (Å²) >= 11 is 0. The van der Waals surface area contributed by atoms with Crippen LogP contribution in [0.1, 0.15) is 89.9 Å². The lowest BCUT2D eigenvalue weighted by Crippen LogP contribution is -2.28. The largest absolute Gasteiger partial charge is 0.372 e. The van der Waals surface area contributed by atoms with Gasteiger partial charge in [-0.15, -0.1) is 0 Å². The lowest BCUT2D eigenvalue weighted by Gasteiger charge is -2.21. The molecule has 1 aliphatic heterocycles. The zero-order chi connectivity index (χ0) is 23.7. The predicted octanol–water partition coefficient (Wildman–Crippen LogP) is 5.64. The summed E-state index contributed by atoms with van der Waals surface area (Å²) in [7, 11) is 0. The van der Waals surface area contributed by atoms with Crippen LogP contribution in [0.15, 0.2) is 33.1 Å². The average molecular weight is 436 g/mol. The molecule has 1 aliphatic rings. The van der Waals surface area contributed by atoms with Gasteiger partial charge in [-0.05, 0) is 62.3 Å². The minimum atomic E-state index is -0.0781. The van der Waals surface area contributed by atoms with Gasteiger partial charge >= 0.3 is 0 Å². The van der Waals surface area contributed by atoms with E-state index in [1.54, 1.807) is 0 Å². The Morgan fingerprint density at radius 3 is 2.16 bits per heavy atom. The molecule has 0 N–H and O–H groups in total. The van der Waals surface area contributed by atoms with Crippen molar-refractivity contribution in [2.45, 2.75) is 74.1 Å². The first-order valence-electron chi connectivity index (χ1n) is 11.8. The molecule has 0 aliphatic carbocycles. The summed E-state index contributed by atoms with van der Waals surface area (Å²) in [6, 6.07) is 6.35. The molecule has 0 radical (unpaired) electrons. The number of hydrogen-bond acceptors (Lipinski definition) is 5. The molecule has 2 aromatic rings. The van der Waals surface area contributed by atoms with Crippen LogP contribution in [0.2, 0.25) is 0 Å². The fourth-order valence-corrected chi connectivity index (χ4v) is 4.21. The van der Waals surface area contributed by atoms with Crippen LogP contribution in [0.25, 0.3) is 0 Å². The van der Waals surface area contributed by atoms with Crippen molar-refractivity contribution in [2.24, 2.45) is 16.0 Å². The van der Waals surface area contributed by atoms with E-state index in [9.17, 15) is 4.79 Å². The third kappa shape index (κ3) is 4.27. The van der Waals surface area contributed by atoms with Gasteiger partial charge < -0.3 is 4.90 Å². The van der Waals surface area contributed by atoms with Gasteiger partial charge in [-0.25, -0.2) is 9.98 Å². The number of rotatable bonds is 7. The molecule has 0 saturated heterocycles. The van der Waals surface area contributed by atoms with Gasteiger partial charge in [0.1, 0.15) is 5.71 Å². The molecule has 0 fully saturated rings. The number of aliphatic imine (C=N–C) groups is 1. The molecule has 0 unspecified atom stereocenters. The highest BCUT2D eigenvalue weighted by Gasteiger charge is 2.31. The van der Waals surface area contributed by atoms with Crippen molar-refractivity contribution >= 4 is 22.8 Å². The maximum absolute atomic E-state index is 13.4. The molecule has 6 nitrogen and oxygen atoms in total. The molecule has 6 heteroatoms. The Kier molecular flexibility index (Phi) is 7.01. The normalized spacial score (nSPS) is 14.6. The van der Waals surface area contributed by atoms with E-state index >= 15 is 0 Å². The number of anilines is 1. The third-order valence-corrected chi connectivity index (χ3v) is 6.00. The van der Waals surface area contributed by atoms with E-state index in [-0.39, 0.29) is 23.3 Å². The van der Waals surface area contributed by atoms with Crippen LogP contribution in [0.3, 0.4) is 0 Å². The molecule has 32 heavy (non-hydrogen) atoms. The second kappa shape index (κ2) is 9.39. The Morgan fingerprint density at radius 2 is 1.66 bits per heavy atom. The van der Waals surface area contributed by atoms with Crippen LogP contribution >= 0.6 is 0 Å². The Morgan fingerprint density at radius 1 is 1.00 bits per heavy atom. The Balaban J connectivity index is 2.21. The summed E-state index contributed by atoms with van der Waals surface area (Å²) in [5.41, 5.74) is 6.18. The van der Waals surface area contributed by atoms with E-state index in [0.29, 0.717) is 11.5 Å². The van der Waals surface area contributed by atoms with Gasteiger partial charge in [-0.2, -0.15) is 9.78 Å². The van der Waals surface area contributed by atoms with Gasteiger partial charge in [0.2, 0.25) is 0 Å². The molecule has 3 rings (SSSR count). The van der Waals surface area contributed by atoms with Crippen molar-refractivity contribution < 1.29 is 0 Å². The highest BCUT2D eigenvalue weighted by Crippen LogP contribution is 2.29. The Hall–Kier alpha value is -2.76. The molecule has 1 aromatic carbocycles. The van der Waals surface area contributed by atoms with Gasteiger partial charge in [0.25, 0.3) is 5.56 Å². The van der Waals surface area contributed by atoms with Gasteiger partial charge in [-0.3, -0.25) is 4.79 Å². The van der Waals surface area contributed by atoms with Gasteiger partial charge in [0, 0.05) is 24.3 Å². The zero-order valence-electron chi connectivity index (χ0n) is 21.0. The predicted molar refractivity (Wildman–Crippen MR) is 135 cm³/mol. The quantitative estimate of drug-likeness (QED) is 0.565. The van der Waals surface area contributed by atoms with Gasteiger partial charge in [-0.1, -0.05) is 41.5 Å². The molecule has 0 spiro atoms. The smallest absolute Gasteiger partial charge is 0.278 e. The highest BCUT2D eigenvalue weighted by atomic mass is 16.1. The second-order valence-corrected chi connectivity index (χ2v) is 9.40. The van der Waals surface area contributed by atoms with E-state index in [1.165, 1.54) is 10.4 Å². The topological polar surface area (TPSA) is 62.9 Å². The Labute approximate surface area is 192 Å². The summed E-state index contributed by atoms with van der Waals surface area (Å²) in [5, 5.41) is 4.69. The van der Waals surface area contributed by atoms with E-state index in [0.717, 1.165) is 41.3 Å². The highest BCUT2D eigenvalue weighted by molar-refractivity contribution is 6.49. The summed E-state index contributed by atoms with van der Waals surface area (Å²) in [5.74, 6) is 0.901. The van der Waals surface area contributed by atoms with Gasteiger partial charge in [0.15, 0.2) is 5.82 Å². The Bertz CT molecular complexity index is 1120. The average Bonchev–Trinajstić information content (AvgIpc) is 3.09. The van der Waals surface area contributed by atoms with Crippen LogP contribution in [0, 0.1) is 12.8 Å². The first-order chi connectivity index (χ1) is 15.1. The number of fused-ring (bicyclic) bond motifs is 1. The van der Waals surface area contributed by atoms with E-state index in [2.05, 4.69) is 71.6 Å². The van der Waals surface area contributed by atoms with Crippen molar-refractivity contribution in [3.63, 3.8) is 0 Å². The summed E-state index contributed by atoms with van der Waals surface area (Å²) in [6.07, 6.45) is 0. The molecular weight excluding hydrogens is 398 g/mol. The van der Waals surface area contributed by atoms with Crippen molar-refractivity contribution in [3.8, 4) is 0 Å². The van der Waals surface area contributed by atoms with Crippen LogP contribution in [0.5, 0.6) is 0 Å². The second-order valence-electron chi connectivity index (χ2n) is 9.40. The maximum atomic E-state index is 13.4. The molecule has 1 aromatic heterocycles. The standard InChI is InChI=1S/C26H37N5O/c1-10-30(11-2)19-12-13-20(18(9)14-19)27-24-23(17(7)8)29-31-25(24)28-22(16(5)6)21(15(3)4)26(31)32/h12-17H,10-11H2,1-9H3. The summed E-state index contributed by atoms with van der Waals surface area (Å²) in [6.45, 7) is 20.7. The number of hydrogen-bond donors (Lipinski definition) is 0. The SMILES string of the molecule is CCN(CC)c1ccc(N=C2C(C(C)C)=Nn3c2nc(C(C)C)c(C(C)C)c3=O)c(C)c1. The maximum Gasteiger partial charge on any atom is 0.278 e. The van der Waals surface area contributed by atoms with Crippen LogP contribution in [0.4, 0.5) is 11.4 Å². The fourth-order valence-electron chi connectivity index (χ4n) is 4.21. The molecule has 0 saturated carbocycles. The number of benzene rings is 1. The number of aryl methyl sites for hydroxylation is 1. The van der Waals surface area contributed by atoms with E-state index in [4.69, 9.17) is 15.1 Å². The summed E-state index contributed by atoms with van der Waals surface area (Å²) < 4.78 is 1.47. The minimum absolute atomic E-state index is 0.0781. The number of aromatic nitrogens is 2. The molecule has 0 bridgehead atoms. The zero-order valence-corrected chi connectivity index (χ0v) is 21.0. The third-order valence-electron chi connectivity index (χ3n) is 6.00. The first kappa shape index (κ1) is 23.9. The first-order valence-corrected chi connectivity index (χ1v) is 11.8. The summed E-state index contributed by atoms with van der Waals surface area (Å²) in [4.78, 5) is 25.7. The molecule has 172 valence electrons. The molecule has 0 atom stereocenters. The van der Waals surface area contributed by atoms with Crippen molar-refractivity contribution in [1.29, 1.82) is 0 Å². The molecular formula is C26H37N5O. The van der Waals surface area contributed by atoms with Crippen molar-refractivity contribution in [2.75, 3.05) is 18.0 Å². The number of nitrogens with zero attached hydrogens (tertiary/aromatic N) is 5. The van der Waals surface area contributed by atoms with Crippen LogP contribution in [-0.2, 0) is 0 Å². The monoisotopic (exact) mass is 435 g/mol. The molecule has 0 amide bonds. The lowest BCUT2D eigenvalue weighted by molar-refractivity contribution is 0.683. The van der Waals surface area contributed by atoms with E-state index < -0.39 is 0 Å². The van der Waals surface area contributed by atoms with Gasteiger partial charge in [0.05, 0.1) is 17.1 Å². The van der Waals surface area contributed by atoms with Crippen molar-refractivity contribution in [3.05, 3.63) is 51.2 Å². The minimum Gasteiger partial charge on any atom is -0.372 e. The fraction of sp³-hybridized carbons (Fsp3) is 0.538.